The number of carbonyl (C=O) groups is 3. The van der Waals surface area contributed by atoms with Crippen molar-refractivity contribution in [3.63, 3.8) is 0 Å². The number of aliphatic hydroxyl groups is 1. The summed E-state index contributed by atoms with van der Waals surface area (Å²) in [5.41, 5.74) is 1.99. The van der Waals surface area contributed by atoms with Gasteiger partial charge in [-0.1, -0.05) is 72.8 Å². The molecule has 0 radical (unpaired) electrons. The van der Waals surface area contributed by atoms with Crippen molar-refractivity contribution in [2.24, 2.45) is 5.92 Å². The van der Waals surface area contributed by atoms with Crippen LogP contribution >= 0.6 is 0 Å². The second-order valence-electron chi connectivity index (χ2n) is 9.46. The minimum absolute atomic E-state index is 0.0286. The van der Waals surface area contributed by atoms with Crippen LogP contribution in [0.5, 0.6) is 0 Å². The fraction of sp³-hybridized carbons (Fsp3) is 0.433. The Balaban J connectivity index is 1.75. The molecule has 0 unspecified atom stereocenters. The third kappa shape index (κ3) is 10.2. The van der Waals surface area contributed by atoms with E-state index in [-0.39, 0.29) is 44.0 Å². The van der Waals surface area contributed by atoms with E-state index in [2.05, 4.69) is 5.32 Å². The van der Waals surface area contributed by atoms with Gasteiger partial charge in [0.2, 0.25) is 11.8 Å². The lowest BCUT2D eigenvalue weighted by Crippen LogP contribution is -2.44. The lowest BCUT2D eigenvalue weighted by atomic mass is 9.97. The van der Waals surface area contributed by atoms with Gasteiger partial charge in [0.15, 0.2) is 0 Å². The van der Waals surface area contributed by atoms with Crippen molar-refractivity contribution in [3.8, 4) is 0 Å². The average molecular weight is 507 g/mol. The third-order valence-corrected chi connectivity index (χ3v) is 6.44. The molecule has 0 saturated carbocycles. The molecule has 7 nitrogen and oxygen atoms in total. The van der Waals surface area contributed by atoms with Gasteiger partial charge < -0.3 is 20.1 Å². The van der Waals surface area contributed by atoms with Crippen molar-refractivity contribution in [1.82, 2.24) is 10.2 Å². The van der Waals surface area contributed by atoms with Crippen molar-refractivity contribution in [3.05, 3.63) is 83.9 Å². The molecule has 0 aliphatic carbocycles. The van der Waals surface area contributed by atoms with Gasteiger partial charge in [0.25, 0.3) is 0 Å². The van der Waals surface area contributed by atoms with Crippen LogP contribution in [0.3, 0.4) is 0 Å². The molecule has 0 aromatic heterocycles. The SMILES string of the molecule is O=C1CCCC/C=C\C[C@H](CC(=O)N(CCO)Cc2ccccc2)C(=O)N[C@@H](Cc2ccccc2)CO1. The van der Waals surface area contributed by atoms with Gasteiger partial charge in [-0.3, -0.25) is 14.4 Å². The second-order valence-corrected chi connectivity index (χ2v) is 9.46. The number of hydrogen-bond donors (Lipinski definition) is 2. The van der Waals surface area contributed by atoms with Crippen molar-refractivity contribution < 1.29 is 24.2 Å². The summed E-state index contributed by atoms with van der Waals surface area (Å²) in [5.74, 6) is -1.26. The molecule has 2 amide bonds. The van der Waals surface area contributed by atoms with Crippen LogP contribution in [0.1, 0.15) is 49.7 Å². The van der Waals surface area contributed by atoms with Crippen LogP contribution in [0.25, 0.3) is 0 Å². The predicted molar refractivity (Wildman–Crippen MR) is 142 cm³/mol. The summed E-state index contributed by atoms with van der Waals surface area (Å²) in [6.07, 6.45) is 7.72. The summed E-state index contributed by atoms with van der Waals surface area (Å²) in [4.78, 5) is 40.5. The number of aliphatic hydroxyl groups excluding tert-OH is 1. The Kier molecular flexibility index (Phi) is 11.9. The highest BCUT2D eigenvalue weighted by Gasteiger charge is 2.26. The Hall–Kier alpha value is -3.45. The number of rotatable bonds is 8. The van der Waals surface area contributed by atoms with Gasteiger partial charge >= 0.3 is 5.97 Å². The minimum Gasteiger partial charge on any atom is -0.463 e. The average Bonchev–Trinajstić information content (AvgIpc) is 2.91. The highest BCUT2D eigenvalue weighted by Crippen LogP contribution is 2.17. The summed E-state index contributed by atoms with van der Waals surface area (Å²) in [6, 6.07) is 18.9. The number of ether oxygens (including phenoxy) is 1. The van der Waals surface area contributed by atoms with Crippen LogP contribution in [0.4, 0.5) is 0 Å². The summed E-state index contributed by atoms with van der Waals surface area (Å²) in [5, 5.41) is 12.6. The van der Waals surface area contributed by atoms with Crippen LogP contribution in [0.15, 0.2) is 72.8 Å². The van der Waals surface area contributed by atoms with Crippen molar-refractivity contribution in [2.75, 3.05) is 19.8 Å². The largest absolute Gasteiger partial charge is 0.463 e. The molecular weight excluding hydrogens is 468 g/mol. The van der Waals surface area contributed by atoms with E-state index < -0.39 is 12.0 Å². The maximum absolute atomic E-state index is 13.4. The number of nitrogens with one attached hydrogen (secondary N) is 1. The quantitative estimate of drug-likeness (QED) is 0.419. The first-order valence-corrected chi connectivity index (χ1v) is 13.1. The van der Waals surface area contributed by atoms with E-state index in [1.165, 1.54) is 0 Å². The van der Waals surface area contributed by atoms with Gasteiger partial charge in [0.05, 0.1) is 18.6 Å². The molecule has 37 heavy (non-hydrogen) atoms. The molecule has 3 rings (SSSR count). The minimum atomic E-state index is -0.572. The normalized spacial score (nSPS) is 20.2. The molecule has 0 fully saturated rings. The van der Waals surface area contributed by atoms with Crippen molar-refractivity contribution >= 4 is 17.8 Å². The van der Waals surface area contributed by atoms with E-state index >= 15 is 0 Å². The second kappa shape index (κ2) is 15.6. The summed E-state index contributed by atoms with van der Waals surface area (Å²) >= 11 is 0. The maximum atomic E-state index is 13.4. The zero-order valence-electron chi connectivity index (χ0n) is 21.4. The fourth-order valence-electron chi connectivity index (χ4n) is 4.38. The molecule has 0 saturated heterocycles. The fourth-order valence-corrected chi connectivity index (χ4v) is 4.38. The number of nitrogens with zero attached hydrogens (tertiary/aromatic N) is 1. The molecule has 198 valence electrons. The van der Waals surface area contributed by atoms with Gasteiger partial charge in [-0.15, -0.1) is 0 Å². The molecule has 1 heterocycles. The lowest BCUT2D eigenvalue weighted by molar-refractivity contribution is -0.145. The van der Waals surface area contributed by atoms with Crippen LogP contribution in [0.2, 0.25) is 0 Å². The van der Waals surface area contributed by atoms with Gasteiger partial charge in [-0.05, 0) is 43.2 Å². The smallest absolute Gasteiger partial charge is 0.305 e. The third-order valence-electron chi connectivity index (χ3n) is 6.44. The predicted octanol–water partition coefficient (Wildman–Crippen LogP) is 3.80. The highest BCUT2D eigenvalue weighted by atomic mass is 16.5. The first kappa shape index (κ1) is 28.1. The lowest BCUT2D eigenvalue weighted by Gasteiger charge is -2.26. The highest BCUT2D eigenvalue weighted by molar-refractivity contribution is 5.86. The monoisotopic (exact) mass is 506 g/mol. The number of hydrogen-bond acceptors (Lipinski definition) is 5. The Bertz CT molecular complexity index is 1010. The van der Waals surface area contributed by atoms with Crippen LogP contribution < -0.4 is 5.32 Å². The Morgan fingerprint density at radius 2 is 1.68 bits per heavy atom. The van der Waals surface area contributed by atoms with E-state index in [0.717, 1.165) is 30.4 Å². The molecule has 1 aliphatic rings. The molecule has 0 bridgehead atoms. The van der Waals surface area contributed by atoms with Gasteiger partial charge in [0, 0.05) is 25.9 Å². The number of cyclic esters (lactones) is 1. The number of carbonyl (C=O) groups excluding carboxylic acids is 3. The van der Waals surface area contributed by atoms with Gasteiger partial charge in [-0.25, -0.2) is 0 Å². The molecule has 7 heteroatoms. The number of allylic oxidation sites excluding steroid dienone is 2. The van der Waals surface area contributed by atoms with Crippen LogP contribution in [-0.4, -0.2) is 53.6 Å². The Labute approximate surface area is 219 Å². The van der Waals surface area contributed by atoms with Gasteiger partial charge in [0.1, 0.15) is 6.61 Å². The molecule has 0 spiro atoms. The molecule has 2 aromatic carbocycles. The zero-order chi connectivity index (χ0) is 26.3. The maximum Gasteiger partial charge on any atom is 0.305 e. The molecule has 2 N–H and O–H groups in total. The topological polar surface area (TPSA) is 95.9 Å². The van der Waals surface area contributed by atoms with Gasteiger partial charge in [-0.2, -0.15) is 0 Å². The van der Waals surface area contributed by atoms with E-state index in [0.29, 0.717) is 25.8 Å². The number of benzene rings is 2. The first-order valence-electron chi connectivity index (χ1n) is 13.1. The summed E-state index contributed by atoms with van der Waals surface area (Å²) < 4.78 is 5.50. The molecule has 2 atom stereocenters. The van der Waals surface area contributed by atoms with Crippen LogP contribution in [0, 0.1) is 5.92 Å². The van der Waals surface area contributed by atoms with Crippen molar-refractivity contribution in [1.29, 1.82) is 0 Å². The van der Waals surface area contributed by atoms with Crippen LogP contribution in [-0.2, 0) is 32.1 Å². The van der Waals surface area contributed by atoms with E-state index in [1.807, 2.05) is 72.8 Å². The Morgan fingerprint density at radius 3 is 2.38 bits per heavy atom. The molecular formula is C30H38N2O5. The summed E-state index contributed by atoms with van der Waals surface area (Å²) in [7, 11) is 0. The van der Waals surface area contributed by atoms with E-state index in [4.69, 9.17) is 4.74 Å². The zero-order valence-corrected chi connectivity index (χ0v) is 21.4. The summed E-state index contributed by atoms with van der Waals surface area (Å²) in [6.45, 7) is 0.502. The molecule has 1 aliphatic heterocycles. The number of amides is 2. The van der Waals surface area contributed by atoms with E-state index in [1.54, 1.807) is 4.90 Å². The standard InChI is InChI=1S/C30H38N2O5/c33-19-18-32(22-25-14-8-5-9-15-25)28(34)21-26-16-10-2-1-3-11-17-29(35)37-23-27(31-30(26)36)20-24-12-6-4-7-13-24/h2,4-10,12-15,26-27,33H,1,3,11,16-23H2,(H,31,36)/b10-2-/t26-,27+/m1/s1. The Morgan fingerprint density at radius 1 is 0.973 bits per heavy atom. The van der Waals surface area contributed by atoms with Crippen molar-refractivity contribution in [2.45, 2.75) is 57.5 Å². The number of esters is 1. The first-order chi connectivity index (χ1) is 18.0. The molecule has 2 aromatic rings. The van der Waals surface area contributed by atoms with E-state index in [9.17, 15) is 19.5 Å².